The van der Waals surface area contributed by atoms with Crippen molar-refractivity contribution in [2.75, 3.05) is 4.90 Å². The number of halogens is 3. The molecule has 5 rings (SSSR count). The molecule has 3 aromatic carbocycles. The average Bonchev–Trinajstić information content (AvgIpc) is 3.22. The number of carbonyl (C=O) groups is 2. The molecule has 0 saturated heterocycles. The van der Waals surface area contributed by atoms with Gasteiger partial charge in [0.2, 0.25) is 0 Å². The molecular weight excluding hydrogens is 502 g/mol. The zero-order valence-electron chi connectivity index (χ0n) is 18.8. The monoisotopic (exact) mass is 518 g/mol. The van der Waals surface area contributed by atoms with Gasteiger partial charge in [-0.2, -0.15) is 0 Å². The van der Waals surface area contributed by atoms with Gasteiger partial charge in [-0.15, -0.1) is 11.3 Å². The number of fused-ring (bicyclic) bond motifs is 1. The van der Waals surface area contributed by atoms with Gasteiger partial charge in [0.25, 0.3) is 5.91 Å². The second kappa shape index (κ2) is 9.60. The fourth-order valence-corrected chi connectivity index (χ4v) is 5.32. The predicted molar refractivity (Wildman–Crippen MR) is 139 cm³/mol. The number of para-hydroxylation sites is 1. The maximum atomic E-state index is 14.9. The molecule has 178 valence electrons. The van der Waals surface area contributed by atoms with Crippen LogP contribution in [0.2, 0.25) is 5.02 Å². The number of nitrogens with zero attached hydrogens (tertiary/aromatic N) is 2. The second-order valence-corrected chi connectivity index (χ2v) is 9.49. The zero-order chi connectivity index (χ0) is 25.4. The van der Waals surface area contributed by atoms with E-state index in [-0.39, 0.29) is 27.1 Å². The largest absolute Gasteiger partial charge is 0.289 e. The molecule has 8 heteroatoms. The Balaban J connectivity index is 1.60. The van der Waals surface area contributed by atoms with E-state index in [2.05, 4.69) is 4.98 Å². The van der Waals surface area contributed by atoms with Crippen LogP contribution < -0.4 is 4.90 Å². The van der Waals surface area contributed by atoms with Gasteiger partial charge < -0.3 is 0 Å². The molecule has 0 unspecified atom stereocenters. The number of thiophene rings is 1. The van der Waals surface area contributed by atoms with E-state index in [9.17, 15) is 18.4 Å². The molecule has 0 N–H and O–H groups in total. The summed E-state index contributed by atoms with van der Waals surface area (Å²) in [5, 5.41) is 0.849. The van der Waals surface area contributed by atoms with Gasteiger partial charge in [0.1, 0.15) is 28.0 Å². The average molecular weight is 519 g/mol. The molecule has 0 radical (unpaired) electrons. The normalized spacial score (nSPS) is 11.0. The van der Waals surface area contributed by atoms with Crippen molar-refractivity contribution in [1.82, 2.24) is 4.98 Å². The van der Waals surface area contributed by atoms with Gasteiger partial charge in [-0.1, -0.05) is 59.6 Å². The predicted octanol–water partition coefficient (Wildman–Crippen LogP) is 7.75. The Bertz CT molecular complexity index is 1610. The van der Waals surface area contributed by atoms with Gasteiger partial charge in [-0.3, -0.25) is 14.5 Å². The minimum absolute atomic E-state index is 0.0571. The summed E-state index contributed by atoms with van der Waals surface area (Å²) in [6.07, 6.45) is 1.28. The van der Waals surface area contributed by atoms with Crippen LogP contribution in [0.4, 0.5) is 20.3 Å². The van der Waals surface area contributed by atoms with E-state index in [4.69, 9.17) is 11.6 Å². The summed E-state index contributed by atoms with van der Waals surface area (Å²) in [6.45, 7) is 1.88. The molecule has 4 nitrogen and oxygen atoms in total. The number of benzene rings is 3. The number of hydrogen-bond donors (Lipinski definition) is 0. The third-order valence-electron chi connectivity index (χ3n) is 5.61. The Morgan fingerprint density at radius 1 is 0.889 bits per heavy atom. The number of ketones is 1. The van der Waals surface area contributed by atoms with Crippen molar-refractivity contribution in [2.45, 2.75) is 6.92 Å². The lowest BCUT2D eigenvalue weighted by atomic mass is 10.0. The quantitative estimate of drug-likeness (QED) is 0.223. The van der Waals surface area contributed by atoms with Gasteiger partial charge in [0.15, 0.2) is 5.78 Å². The van der Waals surface area contributed by atoms with Gasteiger partial charge in [0.05, 0.1) is 5.02 Å². The second-order valence-electron chi connectivity index (χ2n) is 8.06. The van der Waals surface area contributed by atoms with Gasteiger partial charge in [-0.25, -0.2) is 13.8 Å². The smallest absolute Gasteiger partial charge is 0.275 e. The highest BCUT2D eigenvalue weighted by Crippen LogP contribution is 2.39. The number of anilines is 2. The van der Waals surface area contributed by atoms with Crippen molar-refractivity contribution in [3.8, 4) is 0 Å². The zero-order valence-corrected chi connectivity index (χ0v) is 20.4. The molecule has 2 aromatic heterocycles. The summed E-state index contributed by atoms with van der Waals surface area (Å²) in [6, 6.07) is 20.4. The van der Waals surface area contributed by atoms with Gasteiger partial charge in [-0.05, 0) is 43.3 Å². The minimum Gasteiger partial charge on any atom is -0.289 e. The number of amides is 1. The summed E-state index contributed by atoms with van der Waals surface area (Å²) in [5.74, 6) is -2.95. The molecule has 2 heterocycles. The molecule has 0 atom stereocenters. The molecule has 36 heavy (non-hydrogen) atoms. The molecule has 0 aliphatic heterocycles. The first-order valence-electron chi connectivity index (χ1n) is 10.9. The maximum Gasteiger partial charge on any atom is 0.275 e. The Hall–Kier alpha value is -3.94. The van der Waals surface area contributed by atoms with Crippen molar-refractivity contribution in [2.24, 2.45) is 0 Å². The molecule has 1 amide bonds. The minimum atomic E-state index is -0.942. The van der Waals surface area contributed by atoms with Crippen LogP contribution in [0.15, 0.2) is 85.1 Å². The first-order valence-corrected chi connectivity index (χ1v) is 12.1. The number of pyridine rings is 1. The number of hydrogen-bond acceptors (Lipinski definition) is 4. The molecular formula is C28H17ClF2N2O2S. The Morgan fingerprint density at radius 3 is 2.28 bits per heavy atom. The Kier molecular flexibility index (Phi) is 6.35. The molecule has 0 aliphatic rings. The van der Waals surface area contributed by atoms with Crippen LogP contribution in [0, 0.1) is 18.6 Å². The first-order chi connectivity index (χ1) is 17.3. The van der Waals surface area contributed by atoms with Crippen molar-refractivity contribution in [1.29, 1.82) is 0 Å². The summed E-state index contributed by atoms with van der Waals surface area (Å²) in [4.78, 5) is 31.8. The topological polar surface area (TPSA) is 50.3 Å². The van der Waals surface area contributed by atoms with Crippen LogP contribution in [-0.4, -0.2) is 16.7 Å². The van der Waals surface area contributed by atoms with E-state index >= 15 is 0 Å². The highest BCUT2D eigenvalue weighted by Gasteiger charge is 2.30. The lowest BCUT2D eigenvalue weighted by Gasteiger charge is -2.22. The highest BCUT2D eigenvalue weighted by atomic mass is 35.5. The number of carbonyl (C=O) groups excluding carboxylic acids is 2. The van der Waals surface area contributed by atoms with Crippen molar-refractivity contribution >= 4 is 56.2 Å². The summed E-state index contributed by atoms with van der Waals surface area (Å²) in [7, 11) is 0. The van der Waals surface area contributed by atoms with Crippen LogP contribution in [0.3, 0.4) is 0 Å². The van der Waals surface area contributed by atoms with E-state index in [1.807, 2.05) is 19.1 Å². The standard InChI is InChI=1S/C28H17ClF2N2O2S/c1-16-6-4-7-17(14-16)26(34)18-12-13-23(32-15-18)33(25-20(30)9-5-10-21(25)31)28(35)27-24(29)19-8-2-3-11-22(19)36-27/h2-15H,1H3. The van der Waals surface area contributed by atoms with Crippen molar-refractivity contribution in [3.05, 3.63) is 123 Å². The summed E-state index contributed by atoms with van der Waals surface area (Å²) >= 11 is 7.63. The molecule has 0 spiro atoms. The van der Waals surface area contributed by atoms with Crippen LogP contribution in [-0.2, 0) is 0 Å². The Labute approximate surface area is 214 Å². The number of aryl methyl sites for hydroxylation is 1. The number of aromatic nitrogens is 1. The fraction of sp³-hybridized carbons (Fsp3) is 0.0357. The summed E-state index contributed by atoms with van der Waals surface area (Å²) in [5.41, 5.74) is 1.10. The van der Waals surface area contributed by atoms with E-state index in [0.29, 0.717) is 10.9 Å². The molecule has 0 fully saturated rings. The van der Waals surface area contributed by atoms with Crippen LogP contribution in [0.25, 0.3) is 10.1 Å². The highest BCUT2D eigenvalue weighted by molar-refractivity contribution is 7.21. The lowest BCUT2D eigenvalue weighted by molar-refractivity contribution is 0.1000. The third kappa shape index (κ3) is 4.27. The fourth-order valence-electron chi connectivity index (χ4n) is 3.88. The molecule has 0 bridgehead atoms. The lowest BCUT2D eigenvalue weighted by Crippen LogP contribution is -2.28. The molecule has 0 aliphatic carbocycles. The summed E-state index contributed by atoms with van der Waals surface area (Å²) < 4.78 is 30.5. The van der Waals surface area contributed by atoms with Crippen LogP contribution in [0.5, 0.6) is 0 Å². The molecule has 0 saturated carbocycles. The van der Waals surface area contributed by atoms with Crippen molar-refractivity contribution < 1.29 is 18.4 Å². The Morgan fingerprint density at radius 2 is 1.61 bits per heavy atom. The van der Waals surface area contributed by atoms with Gasteiger partial charge >= 0.3 is 0 Å². The number of rotatable bonds is 5. The third-order valence-corrected chi connectivity index (χ3v) is 7.28. The molecule has 5 aromatic rings. The van der Waals surface area contributed by atoms with Gasteiger partial charge in [0, 0.05) is 27.4 Å². The SMILES string of the molecule is Cc1cccc(C(=O)c2ccc(N(C(=O)c3sc4ccccc4c3Cl)c3c(F)cccc3F)nc2)c1. The van der Waals surface area contributed by atoms with E-state index in [1.165, 1.54) is 24.4 Å². The van der Waals surface area contributed by atoms with Crippen LogP contribution >= 0.6 is 22.9 Å². The van der Waals surface area contributed by atoms with E-state index in [0.717, 1.165) is 38.6 Å². The first kappa shape index (κ1) is 23.8. The van der Waals surface area contributed by atoms with E-state index in [1.54, 1.807) is 36.4 Å². The van der Waals surface area contributed by atoms with Crippen molar-refractivity contribution in [3.63, 3.8) is 0 Å². The maximum absolute atomic E-state index is 14.9. The van der Waals surface area contributed by atoms with E-state index < -0.39 is 23.2 Å². The van der Waals surface area contributed by atoms with Crippen LogP contribution in [0.1, 0.15) is 31.2 Å².